The predicted octanol–water partition coefficient (Wildman–Crippen LogP) is 4.07. The van der Waals surface area contributed by atoms with Crippen LogP contribution in [0.2, 0.25) is 10.0 Å². The summed E-state index contributed by atoms with van der Waals surface area (Å²) < 4.78 is 18.6. The zero-order valence-electron chi connectivity index (χ0n) is 10.2. The van der Waals surface area contributed by atoms with Gasteiger partial charge in [-0.15, -0.1) is 0 Å². The van der Waals surface area contributed by atoms with Crippen LogP contribution in [0.4, 0.5) is 10.1 Å². The van der Waals surface area contributed by atoms with Crippen molar-refractivity contribution in [1.29, 1.82) is 0 Å². The Bertz CT molecular complexity index is 641. The Kier molecular flexibility index (Phi) is 4.47. The highest BCUT2D eigenvalue weighted by atomic mass is 35.5. The molecule has 0 amide bonds. The van der Waals surface area contributed by atoms with Gasteiger partial charge in [0.1, 0.15) is 12.4 Å². The van der Waals surface area contributed by atoms with E-state index in [2.05, 4.69) is 0 Å². The molecule has 0 aliphatic heterocycles. The third kappa shape index (κ3) is 3.21. The van der Waals surface area contributed by atoms with Gasteiger partial charge in [-0.05, 0) is 30.3 Å². The van der Waals surface area contributed by atoms with Crippen LogP contribution in [0.15, 0.2) is 36.4 Å². The Morgan fingerprint density at radius 2 is 1.85 bits per heavy atom. The first-order valence-electron chi connectivity index (χ1n) is 5.64. The molecule has 0 saturated heterocycles. The molecule has 0 bridgehead atoms. The molecule has 0 atom stereocenters. The summed E-state index contributed by atoms with van der Waals surface area (Å²) in [6.45, 7) is -0.138. The van der Waals surface area contributed by atoms with Crippen molar-refractivity contribution in [2.45, 2.75) is 6.61 Å². The Balaban J connectivity index is 2.13. The molecule has 2 rings (SSSR count). The lowest BCUT2D eigenvalue weighted by Crippen LogP contribution is -2.08. The van der Waals surface area contributed by atoms with Crippen molar-refractivity contribution in [3.05, 3.63) is 63.4 Å². The first-order valence-corrected chi connectivity index (χ1v) is 6.39. The molecule has 20 heavy (non-hydrogen) atoms. The van der Waals surface area contributed by atoms with E-state index in [0.29, 0.717) is 15.6 Å². The van der Waals surface area contributed by atoms with Gasteiger partial charge in [0.2, 0.25) is 0 Å². The molecule has 0 aliphatic carbocycles. The lowest BCUT2D eigenvalue weighted by molar-refractivity contribution is 0.0467. The van der Waals surface area contributed by atoms with Crippen LogP contribution in [0.25, 0.3) is 0 Å². The minimum Gasteiger partial charge on any atom is -0.457 e. The predicted molar refractivity (Wildman–Crippen MR) is 76.4 cm³/mol. The van der Waals surface area contributed by atoms with Gasteiger partial charge in [0.05, 0.1) is 5.56 Å². The van der Waals surface area contributed by atoms with E-state index in [0.717, 1.165) is 6.07 Å². The van der Waals surface area contributed by atoms with Crippen LogP contribution >= 0.6 is 23.2 Å². The number of carbonyl (C=O) groups excluding carboxylic acids is 1. The SMILES string of the molecule is Nc1ccc(C(=O)OCc2c(Cl)cccc2Cl)c(F)c1. The Labute approximate surface area is 125 Å². The van der Waals surface area contributed by atoms with Crippen LogP contribution in [-0.2, 0) is 11.3 Å². The average Bonchev–Trinajstić information content (AvgIpc) is 2.37. The molecular weight excluding hydrogens is 304 g/mol. The average molecular weight is 314 g/mol. The van der Waals surface area contributed by atoms with Crippen molar-refractivity contribution in [3.8, 4) is 0 Å². The van der Waals surface area contributed by atoms with Crippen LogP contribution in [0.3, 0.4) is 0 Å². The molecule has 0 aliphatic rings. The van der Waals surface area contributed by atoms with Gasteiger partial charge in [0.25, 0.3) is 0 Å². The fraction of sp³-hybridized carbons (Fsp3) is 0.0714. The summed E-state index contributed by atoms with van der Waals surface area (Å²) in [4.78, 5) is 11.8. The molecule has 2 aromatic carbocycles. The Hall–Kier alpha value is -1.78. The summed E-state index contributed by atoms with van der Waals surface area (Å²) >= 11 is 11.9. The standard InChI is InChI=1S/C14H10Cl2FNO2/c15-11-2-1-3-12(16)10(11)7-20-14(19)9-5-4-8(18)6-13(9)17/h1-6H,7,18H2. The minimum absolute atomic E-state index is 0.138. The largest absolute Gasteiger partial charge is 0.457 e. The van der Waals surface area contributed by atoms with E-state index in [-0.39, 0.29) is 17.9 Å². The molecule has 0 aromatic heterocycles. The van der Waals surface area contributed by atoms with Crippen molar-refractivity contribution in [3.63, 3.8) is 0 Å². The first-order chi connectivity index (χ1) is 9.49. The van der Waals surface area contributed by atoms with Gasteiger partial charge >= 0.3 is 5.97 Å². The third-order valence-electron chi connectivity index (χ3n) is 2.62. The fourth-order valence-electron chi connectivity index (χ4n) is 1.58. The van der Waals surface area contributed by atoms with E-state index in [1.165, 1.54) is 12.1 Å². The van der Waals surface area contributed by atoms with Crippen molar-refractivity contribution < 1.29 is 13.9 Å². The number of carbonyl (C=O) groups is 1. The highest BCUT2D eigenvalue weighted by Crippen LogP contribution is 2.25. The third-order valence-corrected chi connectivity index (χ3v) is 3.33. The molecule has 0 unspecified atom stereocenters. The number of esters is 1. The van der Waals surface area contributed by atoms with Crippen LogP contribution in [-0.4, -0.2) is 5.97 Å². The maximum Gasteiger partial charge on any atom is 0.341 e. The van der Waals surface area contributed by atoms with Crippen LogP contribution in [0.5, 0.6) is 0 Å². The summed E-state index contributed by atoms with van der Waals surface area (Å²) in [5, 5.41) is 0.756. The summed E-state index contributed by atoms with van der Waals surface area (Å²) in [6, 6.07) is 8.67. The highest BCUT2D eigenvalue weighted by Gasteiger charge is 2.15. The number of ether oxygens (including phenoxy) is 1. The second-order valence-electron chi connectivity index (χ2n) is 4.02. The van der Waals surface area contributed by atoms with Gasteiger partial charge < -0.3 is 10.5 Å². The molecule has 0 heterocycles. The van der Waals surface area contributed by atoms with Gasteiger partial charge in [-0.2, -0.15) is 0 Å². The molecular formula is C14H10Cl2FNO2. The van der Waals surface area contributed by atoms with E-state index in [9.17, 15) is 9.18 Å². The van der Waals surface area contributed by atoms with E-state index in [1.54, 1.807) is 18.2 Å². The normalized spacial score (nSPS) is 10.3. The summed E-state index contributed by atoms with van der Waals surface area (Å²) in [5.41, 5.74) is 5.92. The molecule has 0 spiro atoms. The smallest absolute Gasteiger partial charge is 0.341 e. The zero-order chi connectivity index (χ0) is 14.7. The number of halogens is 3. The van der Waals surface area contributed by atoms with E-state index >= 15 is 0 Å². The number of nitrogen functional groups attached to an aromatic ring is 1. The molecule has 0 fully saturated rings. The number of benzene rings is 2. The van der Waals surface area contributed by atoms with Gasteiger partial charge in [0, 0.05) is 21.3 Å². The Morgan fingerprint density at radius 3 is 2.45 bits per heavy atom. The number of hydrogen-bond donors (Lipinski definition) is 1. The molecule has 0 radical (unpaired) electrons. The number of nitrogens with two attached hydrogens (primary N) is 1. The van der Waals surface area contributed by atoms with E-state index in [4.69, 9.17) is 33.7 Å². The second-order valence-corrected chi connectivity index (χ2v) is 4.83. The van der Waals surface area contributed by atoms with E-state index < -0.39 is 11.8 Å². The van der Waals surface area contributed by atoms with Gasteiger partial charge in [0.15, 0.2) is 0 Å². The molecule has 104 valence electrons. The Morgan fingerprint density at radius 1 is 1.20 bits per heavy atom. The highest BCUT2D eigenvalue weighted by molar-refractivity contribution is 6.35. The molecule has 0 saturated carbocycles. The molecule has 2 aromatic rings. The first kappa shape index (κ1) is 14.6. The number of anilines is 1. The number of hydrogen-bond acceptors (Lipinski definition) is 3. The maximum atomic E-state index is 13.6. The summed E-state index contributed by atoms with van der Waals surface area (Å²) in [5.74, 6) is -1.54. The molecule has 3 nitrogen and oxygen atoms in total. The molecule has 2 N–H and O–H groups in total. The van der Waals surface area contributed by atoms with Crippen molar-refractivity contribution >= 4 is 34.9 Å². The van der Waals surface area contributed by atoms with Crippen molar-refractivity contribution in [2.24, 2.45) is 0 Å². The topological polar surface area (TPSA) is 52.3 Å². The quantitative estimate of drug-likeness (QED) is 0.686. The maximum absolute atomic E-state index is 13.6. The summed E-state index contributed by atoms with van der Waals surface area (Å²) in [6.07, 6.45) is 0. The van der Waals surface area contributed by atoms with E-state index in [1.807, 2.05) is 0 Å². The number of rotatable bonds is 3. The lowest BCUT2D eigenvalue weighted by Gasteiger charge is -2.09. The second kappa shape index (κ2) is 6.11. The minimum atomic E-state index is -0.807. The van der Waals surface area contributed by atoms with Crippen LogP contribution in [0.1, 0.15) is 15.9 Å². The molecule has 6 heteroatoms. The zero-order valence-corrected chi connectivity index (χ0v) is 11.7. The van der Waals surface area contributed by atoms with Gasteiger partial charge in [-0.3, -0.25) is 0 Å². The van der Waals surface area contributed by atoms with Gasteiger partial charge in [-0.25, -0.2) is 9.18 Å². The van der Waals surface area contributed by atoms with Crippen molar-refractivity contribution in [1.82, 2.24) is 0 Å². The summed E-state index contributed by atoms with van der Waals surface area (Å²) in [7, 11) is 0. The van der Waals surface area contributed by atoms with Gasteiger partial charge in [-0.1, -0.05) is 29.3 Å². The fourth-order valence-corrected chi connectivity index (χ4v) is 2.09. The lowest BCUT2D eigenvalue weighted by atomic mass is 10.2. The van der Waals surface area contributed by atoms with Crippen molar-refractivity contribution in [2.75, 3.05) is 5.73 Å². The monoisotopic (exact) mass is 313 g/mol. The van der Waals surface area contributed by atoms with Crippen LogP contribution < -0.4 is 5.73 Å². The van der Waals surface area contributed by atoms with Crippen LogP contribution in [0, 0.1) is 5.82 Å².